The molecule has 6 atom stereocenters. The molecule has 1 nitrogen and oxygen atoms in total. The second kappa shape index (κ2) is 10.6. The zero-order valence-corrected chi connectivity index (χ0v) is 24.2. The highest BCUT2D eigenvalue weighted by Gasteiger charge is 2.63. The van der Waals surface area contributed by atoms with Gasteiger partial charge in [-0.25, -0.2) is 0 Å². The van der Waals surface area contributed by atoms with E-state index in [9.17, 15) is 5.11 Å². The SMILES string of the molecule is C=C1C(=CC=C2CCC[C@@]3(C)[C@@]2(C)CC[C@]3(C)[C@H](C)C=CC=CC(O)(CC)CC)C[C@@H](C)C[C@@H]1C. The van der Waals surface area contributed by atoms with Gasteiger partial charge in [0.25, 0.3) is 0 Å². The van der Waals surface area contributed by atoms with Gasteiger partial charge < -0.3 is 5.11 Å². The Hall–Kier alpha value is -1.34. The molecule has 0 aromatic rings. The first kappa shape index (κ1) is 28.2. The van der Waals surface area contributed by atoms with E-state index in [2.05, 4.69) is 92.3 Å². The molecule has 3 aliphatic rings. The van der Waals surface area contributed by atoms with E-state index in [4.69, 9.17) is 0 Å². The summed E-state index contributed by atoms with van der Waals surface area (Å²) in [5, 5.41) is 10.6. The maximum absolute atomic E-state index is 10.6. The maximum atomic E-state index is 10.6. The zero-order valence-electron chi connectivity index (χ0n) is 24.2. The minimum Gasteiger partial charge on any atom is -0.386 e. The Morgan fingerprint density at radius 3 is 2.40 bits per heavy atom. The first-order chi connectivity index (χ1) is 16.4. The lowest BCUT2D eigenvalue weighted by Gasteiger charge is -2.56. The van der Waals surface area contributed by atoms with E-state index in [1.54, 1.807) is 5.57 Å². The van der Waals surface area contributed by atoms with Crippen molar-refractivity contribution in [2.45, 2.75) is 119 Å². The zero-order chi connectivity index (χ0) is 26.1. The third kappa shape index (κ3) is 5.09. The maximum Gasteiger partial charge on any atom is 0.0825 e. The van der Waals surface area contributed by atoms with E-state index < -0.39 is 5.60 Å². The topological polar surface area (TPSA) is 20.2 Å². The molecule has 0 aromatic carbocycles. The smallest absolute Gasteiger partial charge is 0.0825 e. The summed E-state index contributed by atoms with van der Waals surface area (Å²) in [5.74, 6) is 1.86. The van der Waals surface area contributed by atoms with Gasteiger partial charge >= 0.3 is 0 Å². The molecule has 196 valence electrons. The Kier molecular flexibility index (Phi) is 8.52. The molecule has 0 spiro atoms. The lowest BCUT2D eigenvalue weighted by molar-refractivity contribution is -0.0219. The fraction of sp³-hybridized carbons (Fsp3) is 0.706. The number of hydrogen-bond acceptors (Lipinski definition) is 1. The van der Waals surface area contributed by atoms with Gasteiger partial charge in [-0.1, -0.05) is 104 Å². The Labute approximate surface area is 217 Å². The molecular formula is C34H54O. The van der Waals surface area contributed by atoms with Crippen LogP contribution in [0.2, 0.25) is 0 Å². The van der Waals surface area contributed by atoms with Gasteiger partial charge in [-0.05, 0) is 103 Å². The standard InChI is InChI=1S/C34H54O/c1-10-34(35,11-2)20-13-12-15-27(5)31(7)21-22-32(8)30(16-14-19-33(31,32)9)18-17-29-24-25(3)23-26(4)28(29)6/h12-13,15,17-18,20,25-27,35H,6,10-11,14,16,19,21-24H2,1-5,7-9H3/t25-,26-,27+,31+,32-,33+/m0/s1. The highest BCUT2D eigenvalue weighted by Crippen LogP contribution is 2.72. The molecule has 3 rings (SSSR count). The first-order valence-electron chi connectivity index (χ1n) is 14.5. The highest BCUT2D eigenvalue weighted by molar-refractivity contribution is 5.39. The minimum atomic E-state index is -0.674. The minimum absolute atomic E-state index is 0.257. The summed E-state index contributed by atoms with van der Waals surface area (Å²) >= 11 is 0. The molecule has 0 amide bonds. The molecule has 3 saturated carbocycles. The molecule has 3 aliphatic carbocycles. The Balaban J connectivity index is 1.85. The molecule has 1 N–H and O–H groups in total. The number of fused-ring (bicyclic) bond motifs is 1. The number of allylic oxidation sites excluding steroid dienone is 8. The molecule has 0 unspecified atom stereocenters. The fourth-order valence-corrected chi connectivity index (χ4v) is 7.87. The number of hydrogen-bond donors (Lipinski definition) is 1. The molecule has 0 bridgehead atoms. The first-order valence-corrected chi connectivity index (χ1v) is 14.5. The molecular weight excluding hydrogens is 424 g/mol. The van der Waals surface area contributed by atoms with Gasteiger partial charge in [0.05, 0.1) is 5.60 Å². The van der Waals surface area contributed by atoms with Gasteiger partial charge in [0.2, 0.25) is 0 Å². The molecule has 0 saturated heterocycles. The quantitative estimate of drug-likeness (QED) is 0.361. The summed E-state index contributed by atoms with van der Waals surface area (Å²) in [6, 6.07) is 0. The number of aliphatic hydroxyl groups is 1. The Morgan fingerprint density at radius 1 is 1.06 bits per heavy atom. The molecule has 0 aliphatic heterocycles. The summed E-state index contributed by atoms with van der Waals surface area (Å²) in [6.45, 7) is 23.4. The third-order valence-electron chi connectivity index (χ3n) is 11.4. The molecule has 35 heavy (non-hydrogen) atoms. The second-order valence-electron chi connectivity index (χ2n) is 13.1. The monoisotopic (exact) mass is 478 g/mol. The molecule has 0 radical (unpaired) electrons. The van der Waals surface area contributed by atoms with E-state index in [-0.39, 0.29) is 16.2 Å². The summed E-state index contributed by atoms with van der Waals surface area (Å²) in [5.41, 5.74) is 4.66. The average Bonchev–Trinajstić information content (AvgIpc) is 3.05. The second-order valence-corrected chi connectivity index (χ2v) is 13.1. The predicted octanol–water partition coefficient (Wildman–Crippen LogP) is 9.76. The Bertz CT molecular complexity index is 896. The lowest BCUT2D eigenvalue weighted by Crippen LogP contribution is -2.48. The summed E-state index contributed by atoms with van der Waals surface area (Å²) in [7, 11) is 0. The molecule has 3 fully saturated rings. The van der Waals surface area contributed by atoms with Crippen molar-refractivity contribution in [1.29, 1.82) is 0 Å². The van der Waals surface area contributed by atoms with Crippen LogP contribution >= 0.6 is 0 Å². The van der Waals surface area contributed by atoms with Crippen LogP contribution < -0.4 is 0 Å². The van der Waals surface area contributed by atoms with Crippen LogP contribution in [0.15, 0.2) is 59.8 Å². The highest BCUT2D eigenvalue weighted by atomic mass is 16.3. The van der Waals surface area contributed by atoms with E-state index in [1.165, 1.54) is 56.1 Å². The van der Waals surface area contributed by atoms with Crippen LogP contribution in [0, 0.1) is 34.0 Å². The fourth-order valence-electron chi connectivity index (χ4n) is 7.87. The normalized spacial score (nSPS) is 39.7. The Morgan fingerprint density at radius 2 is 1.74 bits per heavy atom. The van der Waals surface area contributed by atoms with Crippen LogP contribution in [0.5, 0.6) is 0 Å². The molecule has 0 heterocycles. The van der Waals surface area contributed by atoms with Gasteiger partial charge in [-0.15, -0.1) is 0 Å². The van der Waals surface area contributed by atoms with Crippen molar-refractivity contribution in [3.05, 3.63) is 59.8 Å². The van der Waals surface area contributed by atoms with Crippen LogP contribution in [-0.4, -0.2) is 10.7 Å². The summed E-state index contributed by atoms with van der Waals surface area (Å²) in [6.07, 6.45) is 24.0. The van der Waals surface area contributed by atoms with Crippen molar-refractivity contribution in [1.82, 2.24) is 0 Å². The van der Waals surface area contributed by atoms with Crippen molar-refractivity contribution < 1.29 is 5.11 Å². The van der Waals surface area contributed by atoms with Crippen LogP contribution in [0.3, 0.4) is 0 Å². The van der Waals surface area contributed by atoms with Crippen molar-refractivity contribution >= 4 is 0 Å². The summed E-state index contributed by atoms with van der Waals surface area (Å²) in [4.78, 5) is 0. The number of rotatable bonds is 7. The largest absolute Gasteiger partial charge is 0.386 e. The van der Waals surface area contributed by atoms with Gasteiger partial charge in [0.1, 0.15) is 0 Å². The van der Waals surface area contributed by atoms with E-state index in [0.717, 1.165) is 18.8 Å². The van der Waals surface area contributed by atoms with Crippen LogP contribution in [0.25, 0.3) is 0 Å². The van der Waals surface area contributed by atoms with Gasteiger partial charge in [-0.3, -0.25) is 0 Å². The van der Waals surface area contributed by atoms with Crippen molar-refractivity contribution in [2.75, 3.05) is 0 Å². The molecule has 0 aromatic heterocycles. The van der Waals surface area contributed by atoms with Crippen molar-refractivity contribution in [3.8, 4) is 0 Å². The summed E-state index contributed by atoms with van der Waals surface area (Å²) < 4.78 is 0. The average molecular weight is 479 g/mol. The van der Waals surface area contributed by atoms with Crippen LogP contribution in [-0.2, 0) is 0 Å². The van der Waals surface area contributed by atoms with E-state index in [0.29, 0.717) is 11.8 Å². The van der Waals surface area contributed by atoms with Crippen molar-refractivity contribution in [2.24, 2.45) is 34.0 Å². The predicted molar refractivity (Wildman–Crippen MR) is 153 cm³/mol. The van der Waals surface area contributed by atoms with Gasteiger partial charge in [-0.2, -0.15) is 0 Å². The van der Waals surface area contributed by atoms with Crippen LogP contribution in [0.1, 0.15) is 113 Å². The van der Waals surface area contributed by atoms with Crippen LogP contribution in [0.4, 0.5) is 0 Å². The molecule has 1 heteroatoms. The van der Waals surface area contributed by atoms with E-state index >= 15 is 0 Å². The van der Waals surface area contributed by atoms with Crippen molar-refractivity contribution in [3.63, 3.8) is 0 Å². The lowest BCUT2D eigenvalue weighted by atomic mass is 9.48. The van der Waals surface area contributed by atoms with Gasteiger partial charge in [0, 0.05) is 0 Å². The van der Waals surface area contributed by atoms with Gasteiger partial charge in [0.15, 0.2) is 0 Å². The third-order valence-corrected chi connectivity index (χ3v) is 11.4. The van der Waals surface area contributed by atoms with E-state index in [1.807, 2.05) is 6.08 Å².